The SMILES string of the molecule is CC(=O)CCc1nc(-c2cc(C)cc(C)n2)no1. The van der Waals surface area contributed by atoms with E-state index in [1.807, 2.05) is 26.0 Å². The number of nitrogens with zero attached hydrogens (tertiary/aromatic N) is 3. The molecule has 0 aliphatic heterocycles. The third-order valence-electron chi connectivity index (χ3n) is 2.49. The Bertz CT molecular complexity index is 555. The minimum atomic E-state index is 0.110. The van der Waals surface area contributed by atoms with E-state index in [1.165, 1.54) is 0 Å². The van der Waals surface area contributed by atoms with Gasteiger partial charge in [0.1, 0.15) is 11.5 Å². The molecule has 0 aromatic carbocycles. The molecule has 94 valence electrons. The van der Waals surface area contributed by atoms with Crippen molar-refractivity contribution in [3.8, 4) is 11.5 Å². The fourth-order valence-electron chi connectivity index (χ4n) is 1.70. The number of aryl methyl sites for hydroxylation is 3. The molecular formula is C13H15N3O2. The molecule has 0 amide bonds. The van der Waals surface area contributed by atoms with Crippen LogP contribution in [-0.4, -0.2) is 20.9 Å². The Hall–Kier alpha value is -2.04. The van der Waals surface area contributed by atoms with Crippen LogP contribution in [0.15, 0.2) is 16.7 Å². The van der Waals surface area contributed by atoms with E-state index >= 15 is 0 Å². The summed E-state index contributed by atoms with van der Waals surface area (Å²) in [5, 5.41) is 3.89. The fourth-order valence-corrected chi connectivity index (χ4v) is 1.70. The Kier molecular flexibility index (Phi) is 3.50. The Morgan fingerprint density at radius 1 is 1.28 bits per heavy atom. The molecule has 0 aliphatic rings. The first-order valence-electron chi connectivity index (χ1n) is 5.82. The van der Waals surface area contributed by atoms with Crippen molar-refractivity contribution in [1.29, 1.82) is 0 Å². The Labute approximate surface area is 105 Å². The number of carbonyl (C=O) groups excluding carboxylic acids is 1. The first kappa shape index (κ1) is 12.4. The van der Waals surface area contributed by atoms with Gasteiger partial charge in [-0.05, 0) is 38.5 Å². The Morgan fingerprint density at radius 3 is 2.72 bits per heavy atom. The highest BCUT2D eigenvalue weighted by molar-refractivity contribution is 5.75. The van der Waals surface area contributed by atoms with Gasteiger partial charge in [-0.25, -0.2) is 4.98 Å². The Morgan fingerprint density at radius 2 is 2.06 bits per heavy atom. The topological polar surface area (TPSA) is 68.9 Å². The lowest BCUT2D eigenvalue weighted by molar-refractivity contribution is -0.117. The monoisotopic (exact) mass is 245 g/mol. The maximum Gasteiger partial charge on any atom is 0.227 e. The van der Waals surface area contributed by atoms with Crippen LogP contribution in [0.1, 0.15) is 30.5 Å². The summed E-state index contributed by atoms with van der Waals surface area (Å²) in [7, 11) is 0. The maximum absolute atomic E-state index is 10.9. The molecule has 0 spiro atoms. The summed E-state index contributed by atoms with van der Waals surface area (Å²) in [6.45, 7) is 5.46. The van der Waals surface area contributed by atoms with Crippen LogP contribution in [-0.2, 0) is 11.2 Å². The normalized spacial score (nSPS) is 10.6. The van der Waals surface area contributed by atoms with Crippen LogP contribution in [0.5, 0.6) is 0 Å². The molecule has 2 heterocycles. The number of pyridine rings is 1. The number of Topliss-reactive ketones (excluding diaryl/α,β-unsaturated/α-hetero) is 1. The van der Waals surface area contributed by atoms with Crippen molar-refractivity contribution in [2.24, 2.45) is 0 Å². The van der Waals surface area contributed by atoms with E-state index in [0.29, 0.717) is 30.3 Å². The molecule has 18 heavy (non-hydrogen) atoms. The van der Waals surface area contributed by atoms with Crippen LogP contribution >= 0.6 is 0 Å². The van der Waals surface area contributed by atoms with Gasteiger partial charge >= 0.3 is 0 Å². The number of rotatable bonds is 4. The van der Waals surface area contributed by atoms with Gasteiger partial charge in [0.25, 0.3) is 0 Å². The number of hydrogen-bond acceptors (Lipinski definition) is 5. The predicted molar refractivity (Wildman–Crippen MR) is 66.0 cm³/mol. The molecule has 0 saturated heterocycles. The molecule has 2 rings (SSSR count). The highest BCUT2D eigenvalue weighted by Gasteiger charge is 2.11. The highest BCUT2D eigenvalue weighted by atomic mass is 16.5. The van der Waals surface area contributed by atoms with E-state index in [9.17, 15) is 4.79 Å². The molecule has 0 aliphatic carbocycles. The molecule has 0 bridgehead atoms. The van der Waals surface area contributed by atoms with Gasteiger partial charge in [0.05, 0.1) is 0 Å². The smallest absolute Gasteiger partial charge is 0.227 e. The largest absolute Gasteiger partial charge is 0.339 e. The minimum absolute atomic E-state index is 0.110. The first-order chi connectivity index (χ1) is 8.54. The van der Waals surface area contributed by atoms with Crippen LogP contribution in [0.4, 0.5) is 0 Å². The fraction of sp³-hybridized carbons (Fsp3) is 0.385. The second kappa shape index (κ2) is 5.08. The van der Waals surface area contributed by atoms with Crippen molar-refractivity contribution in [3.63, 3.8) is 0 Å². The third-order valence-corrected chi connectivity index (χ3v) is 2.49. The molecule has 5 nitrogen and oxygen atoms in total. The van der Waals surface area contributed by atoms with Crippen LogP contribution in [0.25, 0.3) is 11.5 Å². The van der Waals surface area contributed by atoms with E-state index in [2.05, 4.69) is 15.1 Å². The molecule has 0 fully saturated rings. The van der Waals surface area contributed by atoms with Crippen molar-refractivity contribution < 1.29 is 9.32 Å². The molecule has 2 aromatic heterocycles. The van der Waals surface area contributed by atoms with Gasteiger partial charge in [0.15, 0.2) is 0 Å². The molecule has 5 heteroatoms. The average molecular weight is 245 g/mol. The van der Waals surface area contributed by atoms with Gasteiger partial charge in [0.2, 0.25) is 11.7 Å². The number of aromatic nitrogens is 3. The molecular weight excluding hydrogens is 230 g/mol. The van der Waals surface area contributed by atoms with Gasteiger partial charge < -0.3 is 9.32 Å². The maximum atomic E-state index is 10.9. The molecule has 0 unspecified atom stereocenters. The van der Waals surface area contributed by atoms with Gasteiger partial charge in [-0.15, -0.1) is 0 Å². The highest BCUT2D eigenvalue weighted by Crippen LogP contribution is 2.16. The van der Waals surface area contributed by atoms with Crippen molar-refractivity contribution in [2.75, 3.05) is 0 Å². The summed E-state index contributed by atoms with van der Waals surface area (Å²) in [5.41, 5.74) is 2.72. The van der Waals surface area contributed by atoms with E-state index in [0.717, 1.165) is 11.3 Å². The molecule has 0 atom stereocenters. The lowest BCUT2D eigenvalue weighted by Crippen LogP contribution is -1.94. The summed E-state index contributed by atoms with van der Waals surface area (Å²) >= 11 is 0. The zero-order valence-corrected chi connectivity index (χ0v) is 10.7. The lowest BCUT2D eigenvalue weighted by atomic mass is 10.2. The number of ketones is 1. The number of carbonyl (C=O) groups is 1. The second-order valence-corrected chi connectivity index (χ2v) is 4.38. The van der Waals surface area contributed by atoms with Gasteiger partial charge in [-0.1, -0.05) is 5.16 Å². The molecule has 2 aromatic rings. The number of hydrogen-bond donors (Lipinski definition) is 0. The average Bonchev–Trinajstić information content (AvgIpc) is 2.73. The van der Waals surface area contributed by atoms with Crippen molar-refractivity contribution in [3.05, 3.63) is 29.3 Å². The zero-order valence-electron chi connectivity index (χ0n) is 10.7. The van der Waals surface area contributed by atoms with Gasteiger partial charge in [-0.3, -0.25) is 0 Å². The summed E-state index contributed by atoms with van der Waals surface area (Å²) < 4.78 is 5.10. The predicted octanol–water partition coefficient (Wildman–Crippen LogP) is 2.27. The van der Waals surface area contributed by atoms with Crippen LogP contribution in [0.3, 0.4) is 0 Å². The quantitative estimate of drug-likeness (QED) is 0.826. The summed E-state index contributed by atoms with van der Waals surface area (Å²) in [6.07, 6.45) is 0.898. The zero-order chi connectivity index (χ0) is 13.1. The van der Waals surface area contributed by atoms with Crippen molar-refractivity contribution in [1.82, 2.24) is 15.1 Å². The van der Waals surface area contributed by atoms with Gasteiger partial charge in [-0.2, -0.15) is 4.98 Å². The third kappa shape index (κ3) is 3.00. The van der Waals surface area contributed by atoms with Crippen molar-refractivity contribution in [2.45, 2.75) is 33.6 Å². The summed E-state index contributed by atoms with van der Waals surface area (Å²) in [4.78, 5) is 19.5. The lowest BCUT2D eigenvalue weighted by Gasteiger charge is -1.98. The minimum Gasteiger partial charge on any atom is -0.339 e. The van der Waals surface area contributed by atoms with Crippen LogP contribution in [0.2, 0.25) is 0 Å². The van der Waals surface area contributed by atoms with Crippen LogP contribution < -0.4 is 0 Å². The molecule has 0 saturated carbocycles. The van der Waals surface area contributed by atoms with Crippen LogP contribution in [0, 0.1) is 13.8 Å². The van der Waals surface area contributed by atoms with Crippen molar-refractivity contribution >= 4 is 5.78 Å². The first-order valence-corrected chi connectivity index (χ1v) is 5.82. The van der Waals surface area contributed by atoms with E-state index in [4.69, 9.17) is 4.52 Å². The van der Waals surface area contributed by atoms with E-state index < -0.39 is 0 Å². The summed E-state index contributed by atoms with van der Waals surface area (Å²) in [6, 6.07) is 3.90. The summed E-state index contributed by atoms with van der Waals surface area (Å²) in [5.74, 6) is 1.06. The van der Waals surface area contributed by atoms with E-state index in [-0.39, 0.29) is 5.78 Å². The second-order valence-electron chi connectivity index (χ2n) is 4.38. The Balaban J connectivity index is 2.21. The molecule has 0 N–H and O–H groups in total. The van der Waals surface area contributed by atoms with E-state index in [1.54, 1.807) is 6.92 Å². The molecule has 0 radical (unpaired) electrons. The van der Waals surface area contributed by atoms with Gasteiger partial charge in [0, 0.05) is 18.5 Å². The standard InChI is InChI=1S/C13H15N3O2/c1-8-6-9(2)14-11(7-8)13-15-12(18-16-13)5-4-10(3)17/h6-7H,4-5H2,1-3H3.